The Bertz CT molecular complexity index is 643. The fraction of sp³-hybridized carbons (Fsp3) is 0.375. The summed E-state index contributed by atoms with van der Waals surface area (Å²) < 4.78 is 5.15. The number of carbonyl (C=O) groups is 2. The van der Waals surface area contributed by atoms with Crippen LogP contribution in [-0.2, 0) is 14.3 Å². The predicted octanol–water partition coefficient (Wildman–Crippen LogP) is 2.56. The SMILES string of the molecule is CCOC(=O)C1C(C)=NC(SCC(=O)O)=NC1c1ccccc1. The zero-order chi connectivity index (χ0) is 16.8. The summed E-state index contributed by atoms with van der Waals surface area (Å²) in [6, 6.07) is 8.95. The topological polar surface area (TPSA) is 88.3 Å². The molecule has 1 aliphatic rings. The number of benzene rings is 1. The van der Waals surface area contributed by atoms with Gasteiger partial charge in [-0.3, -0.25) is 14.6 Å². The average molecular weight is 334 g/mol. The number of aliphatic carboxylic acids is 1. The second-order valence-corrected chi connectivity index (χ2v) is 5.88. The number of nitrogens with zero attached hydrogens (tertiary/aromatic N) is 2. The first-order valence-electron chi connectivity index (χ1n) is 7.22. The van der Waals surface area contributed by atoms with Gasteiger partial charge < -0.3 is 9.84 Å². The highest BCUT2D eigenvalue weighted by molar-refractivity contribution is 8.14. The van der Waals surface area contributed by atoms with Gasteiger partial charge in [0.2, 0.25) is 0 Å². The Morgan fingerprint density at radius 3 is 2.61 bits per heavy atom. The molecule has 1 N–H and O–H groups in total. The smallest absolute Gasteiger partial charge is 0.317 e. The van der Waals surface area contributed by atoms with Gasteiger partial charge in [-0.15, -0.1) is 0 Å². The molecule has 0 fully saturated rings. The van der Waals surface area contributed by atoms with Gasteiger partial charge in [-0.05, 0) is 19.4 Å². The van der Waals surface area contributed by atoms with Crippen LogP contribution in [0.4, 0.5) is 0 Å². The van der Waals surface area contributed by atoms with Gasteiger partial charge in [-0.2, -0.15) is 0 Å². The van der Waals surface area contributed by atoms with Crippen molar-refractivity contribution in [3.05, 3.63) is 35.9 Å². The van der Waals surface area contributed by atoms with Gasteiger partial charge in [-0.1, -0.05) is 42.1 Å². The number of rotatable bonds is 5. The molecule has 0 radical (unpaired) electrons. The fourth-order valence-electron chi connectivity index (χ4n) is 2.32. The molecular weight excluding hydrogens is 316 g/mol. The highest BCUT2D eigenvalue weighted by Gasteiger charge is 2.36. The third-order valence-corrected chi connectivity index (χ3v) is 4.14. The highest BCUT2D eigenvalue weighted by atomic mass is 32.2. The van der Waals surface area contributed by atoms with Crippen LogP contribution in [0.1, 0.15) is 25.5 Å². The molecule has 2 atom stereocenters. The largest absolute Gasteiger partial charge is 0.481 e. The number of amidine groups is 1. The lowest BCUT2D eigenvalue weighted by atomic mass is 9.89. The van der Waals surface area contributed by atoms with Crippen LogP contribution in [0.5, 0.6) is 0 Å². The van der Waals surface area contributed by atoms with Crippen LogP contribution in [0.2, 0.25) is 0 Å². The van der Waals surface area contributed by atoms with Gasteiger partial charge in [0.25, 0.3) is 0 Å². The van der Waals surface area contributed by atoms with Crippen molar-refractivity contribution in [1.82, 2.24) is 0 Å². The number of thioether (sulfide) groups is 1. The molecular formula is C16H18N2O4S. The van der Waals surface area contributed by atoms with Crippen molar-refractivity contribution in [1.29, 1.82) is 0 Å². The number of ether oxygens (including phenoxy) is 1. The van der Waals surface area contributed by atoms with Crippen molar-refractivity contribution in [3.8, 4) is 0 Å². The van der Waals surface area contributed by atoms with E-state index in [9.17, 15) is 9.59 Å². The van der Waals surface area contributed by atoms with Crippen LogP contribution in [0.3, 0.4) is 0 Å². The third-order valence-electron chi connectivity index (χ3n) is 3.29. The lowest BCUT2D eigenvalue weighted by Gasteiger charge is -2.26. The monoisotopic (exact) mass is 334 g/mol. The van der Waals surface area contributed by atoms with E-state index in [0.717, 1.165) is 17.3 Å². The molecule has 0 aromatic heterocycles. The maximum absolute atomic E-state index is 12.3. The number of hydrogen-bond acceptors (Lipinski definition) is 6. The molecule has 0 amide bonds. The Morgan fingerprint density at radius 2 is 2.00 bits per heavy atom. The van der Waals surface area contributed by atoms with E-state index in [-0.39, 0.29) is 18.3 Å². The molecule has 0 bridgehead atoms. The van der Waals surface area contributed by atoms with Gasteiger partial charge in [0.1, 0.15) is 5.92 Å². The van der Waals surface area contributed by atoms with Gasteiger partial charge in [-0.25, -0.2) is 4.99 Å². The van der Waals surface area contributed by atoms with Crippen LogP contribution in [-0.4, -0.2) is 40.3 Å². The molecule has 1 aliphatic heterocycles. The van der Waals surface area contributed by atoms with Crippen molar-refractivity contribution in [2.45, 2.75) is 19.9 Å². The first-order chi connectivity index (χ1) is 11.0. The normalized spacial score (nSPS) is 20.4. The minimum atomic E-state index is -0.936. The maximum Gasteiger partial charge on any atom is 0.317 e. The van der Waals surface area contributed by atoms with E-state index in [1.807, 2.05) is 30.3 Å². The second-order valence-electron chi connectivity index (χ2n) is 4.93. The quantitative estimate of drug-likeness (QED) is 0.836. The minimum Gasteiger partial charge on any atom is -0.481 e. The summed E-state index contributed by atoms with van der Waals surface area (Å²) in [6.07, 6.45) is 0. The first kappa shape index (κ1) is 17.2. The standard InChI is InChI=1S/C16H18N2O4S/c1-3-22-15(21)13-10(2)17-16(23-9-12(19)20)18-14(13)11-7-5-4-6-8-11/h4-8,13-14H,3,9H2,1-2H3,(H,19,20). The van der Waals surface area contributed by atoms with Crippen molar-refractivity contribution < 1.29 is 19.4 Å². The van der Waals surface area contributed by atoms with E-state index in [0.29, 0.717) is 10.9 Å². The molecule has 122 valence electrons. The summed E-state index contributed by atoms with van der Waals surface area (Å²) in [5.74, 6) is -2.02. The summed E-state index contributed by atoms with van der Waals surface area (Å²) >= 11 is 1.05. The molecule has 1 heterocycles. The molecule has 7 heteroatoms. The number of esters is 1. The molecule has 1 aromatic rings. The van der Waals surface area contributed by atoms with E-state index in [4.69, 9.17) is 9.84 Å². The zero-order valence-corrected chi connectivity index (χ0v) is 13.7. The van der Waals surface area contributed by atoms with Crippen molar-refractivity contribution in [2.24, 2.45) is 15.9 Å². The van der Waals surface area contributed by atoms with Crippen LogP contribution < -0.4 is 0 Å². The lowest BCUT2D eigenvalue weighted by molar-refractivity contribution is -0.146. The van der Waals surface area contributed by atoms with Gasteiger partial charge in [0.05, 0.1) is 18.4 Å². The van der Waals surface area contributed by atoms with Gasteiger partial charge in [0.15, 0.2) is 5.17 Å². The van der Waals surface area contributed by atoms with Crippen molar-refractivity contribution >= 4 is 34.6 Å². The van der Waals surface area contributed by atoms with E-state index in [1.54, 1.807) is 13.8 Å². The molecule has 23 heavy (non-hydrogen) atoms. The van der Waals surface area contributed by atoms with Crippen LogP contribution in [0.15, 0.2) is 40.3 Å². The Balaban J connectivity index is 2.34. The number of aliphatic imine (C=N–C) groups is 2. The molecule has 1 aromatic carbocycles. The summed E-state index contributed by atoms with van der Waals surface area (Å²) in [5, 5.41) is 9.18. The van der Waals surface area contributed by atoms with E-state index < -0.39 is 17.9 Å². The molecule has 0 spiro atoms. The average Bonchev–Trinajstić information content (AvgIpc) is 2.53. The molecule has 0 saturated heterocycles. The van der Waals surface area contributed by atoms with Crippen molar-refractivity contribution in [2.75, 3.05) is 12.4 Å². The van der Waals surface area contributed by atoms with Crippen LogP contribution in [0, 0.1) is 5.92 Å². The van der Waals surface area contributed by atoms with E-state index in [2.05, 4.69) is 9.98 Å². The minimum absolute atomic E-state index is 0.124. The van der Waals surface area contributed by atoms with Crippen LogP contribution >= 0.6 is 11.8 Å². The van der Waals surface area contributed by atoms with Crippen LogP contribution in [0.25, 0.3) is 0 Å². The molecule has 0 aliphatic carbocycles. The van der Waals surface area contributed by atoms with E-state index in [1.165, 1.54) is 0 Å². The van der Waals surface area contributed by atoms with Gasteiger partial charge in [0, 0.05) is 5.71 Å². The lowest BCUT2D eigenvalue weighted by Crippen LogP contribution is -2.33. The molecule has 0 saturated carbocycles. The first-order valence-corrected chi connectivity index (χ1v) is 8.20. The summed E-state index contributed by atoms with van der Waals surface area (Å²) in [5.41, 5.74) is 1.45. The Hall–Kier alpha value is -2.15. The predicted molar refractivity (Wildman–Crippen MR) is 89.9 cm³/mol. The molecule has 6 nitrogen and oxygen atoms in total. The molecule has 2 unspecified atom stereocenters. The maximum atomic E-state index is 12.3. The third kappa shape index (κ3) is 4.41. The number of carboxylic acids is 1. The number of carboxylic acid groups (broad SMARTS) is 1. The van der Waals surface area contributed by atoms with E-state index >= 15 is 0 Å². The van der Waals surface area contributed by atoms with Gasteiger partial charge >= 0.3 is 11.9 Å². The Morgan fingerprint density at radius 1 is 1.30 bits per heavy atom. The summed E-state index contributed by atoms with van der Waals surface area (Å²) in [4.78, 5) is 31.8. The summed E-state index contributed by atoms with van der Waals surface area (Å²) in [6.45, 7) is 3.78. The van der Waals surface area contributed by atoms with Crippen molar-refractivity contribution in [3.63, 3.8) is 0 Å². The fourth-order valence-corrected chi connectivity index (χ4v) is 2.97. The highest BCUT2D eigenvalue weighted by Crippen LogP contribution is 2.33. The summed E-state index contributed by atoms with van der Waals surface area (Å²) in [7, 11) is 0. The Labute approximate surface area is 138 Å². The second kappa shape index (κ2) is 7.92. The molecule has 2 rings (SSSR count). The number of hydrogen-bond donors (Lipinski definition) is 1. The zero-order valence-electron chi connectivity index (χ0n) is 12.9. The Kier molecular flexibility index (Phi) is 5.92. The number of carbonyl (C=O) groups excluding carboxylic acids is 1.